The molecule has 3 heterocycles. The minimum atomic E-state index is -0.854. The number of aliphatic hydroxyl groups is 1. The molecule has 0 aliphatic heterocycles. The van der Waals surface area contributed by atoms with E-state index in [-0.39, 0.29) is 12.6 Å². The van der Waals surface area contributed by atoms with E-state index in [1.165, 1.54) is 6.26 Å². The molecule has 0 aliphatic carbocycles. The van der Waals surface area contributed by atoms with Crippen molar-refractivity contribution in [3.63, 3.8) is 0 Å². The lowest BCUT2D eigenvalue weighted by Crippen LogP contribution is -2.38. The van der Waals surface area contributed by atoms with Gasteiger partial charge >= 0.3 is 6.03 Å². The van der Waals surface area contributed by atoms with Crippen molar-refractivity contribution in [3.05, 3.63) is 59.9 Å². The highest BCUT2D eigenvalue weighted by Crippen LogP contribution is 2.11. The summed E-state index contributed by atoms with van der Waals surface area (Å²) in [4.78, 5) is 16.3. The number of rotatable bonds is 6. The zero-order chi connectivity index (χ0) is 16.9. The van der Waals surface area contributed by atoms with Crippen LogP contribution in [0.3, 0.4) is 0 Å². The van der Waals surface area contributed by atoms with Crippen LogP contribution in [0.2, 0.25) is 0 Å². The third-order valence-electron chi connectivity index (χ3n) is 3.72. The van der Waals surface area contributed by atoms with Crippen LogP contribution in [-0.2, 0) is 6.42 Å². The summed E-state index contributed by atoms with van der Waals surface area (Å²) in [5.41, 5.74) is 2.96. The van der Waals surface area contributed by atoms with Crippen molar-refractivity contribution in [2.45, 2.75) is 19.4 Å². The predicted octanol–water partition coefficient (Wildman–Crippen LogP) is 1.81. The minimum Gasteiger partial charge on any atom is -0.467 e. The summed E-state index contributed by atoms with van der Waals surface area (Å²) in [6, 6.07) is 7.01. The Hall–Kier alpha value is -2.80. The highest BCUT2D eigenvalue weighted by atomic mass is 16.4. The first-order valence-corrected chi connectivity index (χ1v) is 7.80. The fraction of sp³-hybridized carbons (Fsp3) is 0.294. The largest absolute Gasteiger partial charge is 0.467 e. The molecule has 3 aromatic rings. The molecule has 0 bridgehead atoms. The highest BCUT2D eigenvalue weighted by molar-refractivity contribution is 5.73. The van der Waals surface area contributed by atoms with Gasteiger partial charge in [0.1, 0.15) is 17.5 Å². The van der Waals surface area contributed by atoms with Crippen LogP contribution in [0.25, 0.3) is 5.65 Å². The molecule has 0 aromatic carbocycles. The van der Waals surface area contributed by atoms with Crippen molar-refractivity contribution in [2.75, 3.05) is 13.1 Å². The first-order valence-electron chi connectivity index (χ1n) is 7.80. The monoisotopic (exact) mass is 328 g/mol. The Morgan fingerprint density at radius 1 is 1.38 bits per heavy atom. The van der Waals surface area contributed by atoms with E-state index in [0.717, 1.165) is 16.9 Å². The smallest absolute Gasteiger partial charge is 0.314 e. The summed E-state index contributed by atoms with van der Waals surface area (Å²) in [6.45, 7) is 2.57. The number of amides is 2. The molecule has 7 heteroatoms. The lowest BCUT2D eigenvalue weighted by atomic mass is 10.3. The number of nitrogens with zero attached hydrogens (tertiary/aromatic N) is 2. The number of furan rings is 1. The van der Waals surface area contributed by atoms with Crippen molar-refractivity contribution < 1.29 is 14.3 Å². The summed E-state index contributed by atoms with van der Waals surface area (Å²) in [7, 11) is 0. The molecule has 24 heavy (non-hydrogen) atoms. The molecule has 1 atom stereocenters. The molecule has 0 aliphatic rings. The lowest BCUT2D eigenvalue weighted by molar-refractivity contribution is 0.148. The second-order valence-electron chi connectivity index (χ2n) is 5.57. The molecule has 0 fully saturated rings. The molecule has 0 saturated carbocycles. The Balaban J connectivity index is 1.43. The number of carbonyl (C=O) groups excluding carboxylic acids is 1. The highest BCUT2D eigenvalue weighted by Gasteiger charge is 2.11. The van der Waals surface area contributed by atoms with Gasteiger partial charge < -0.3 is 24.6 Å². The number of urea groups is 1. The van der Waals surface area contributed by atoms with E-state index in [9.17, 15) is 9.90 Å². The standard InChI is InChI=1S/C17H20N4O3/c1-12-4-2-8-21-11-13(20-16(12)21)6-7-18-17(23)19-10-14(22)15-5-3-9-24-15/h2-5,8-9,11,14,22H,6-7,10H2,1H3,(H2,18,19,23). The molecule has 1 unspecified atom stereocenters. The Kier molecular flexibility index (Phi) is 4.81. The average molecular weight is 328 g/mol. The molecule has 0 spiro atoms. The third kappa shape index (κ3) is 3.75. The molecule has 7 nitrogen and oxygen atoms in total. The Bertz CT molecular complexity index is 810. The zero-order valence-corrected chi connectivity index (χ0v) is 13.4. The number of aryl methyl sites for hydroxylation is 1. The topological polar surface area (TPSA) is 91.8 Å². The van der Waals surface area contributed by atoms with Gasteiger partial charge in [-0.15, -0.1) is 0 Å². The second kappa shape index (κ2) is 7.18. The number of nitrogens with one attached hydrogen (secondary N) is 2. The molecule has 0 radical (unpaired) electrons. The van der Waals surface area contributed by atoms with Crippen LogP contribution in [0.4, 0.5) is 4.79 Å². The maximum absolute atomic E-state index is 11.7. The van der Waals surface area contributed by atoms with Gasteiger partial charge in [-0.25, -0.2) is 9.78 Å². The summed E-state index contributed by atoms with van der Waals surface area (Å²) in [6.07, 6.45) is 5.18. The van der Waals surface area contributed by atoms with Crippen LogP contribution in [0.5, 0.6) is 0 Å². The fourth-order valence-electron chi connectivity index (χ4n) is 2.46. The third-order valence-corrected chi connectivity index (χ3v) is 3.72. The summed E-state index contributed by atoms with van der Waals surface area (Å²) < 4.78 is 7.05. The summed E-state index contributed by atoms with van der Waals surface area (Å²) in [5, 5.41) is 15.2. The van der Waals surface area contributed by atoms with Crippen molar-refractivity contribution in [1.29, 1.82) is 0 Å². The van der Waals surface area contributed by atoms with Gasteiger partial charge in [-0.3, -0.25) is 0 Å². The van der Waals surface area contributed by atoms with Crippen molar-refractivity contribution >= 4 is 11.7 Å². The van der Waals surface area contributed by atoms with E-state index >= 15 is 0 Å². The van der Waals surface area contributed by atoms with Crippen LogP contribution in [0.15, 0.2) is 47.3 Å². The normalized spacial score (nSPS) is 12.2. The fourth-order valence-corrected chi connectivity index (χ4v) is 2.46. The molecule has 3 rings (SSSR count). The molecule has 3 N–H and O–H groups in total. The van der Waals surface area contributed by atoms with Gasteiger partial charge in [-0.2, -0.15) is 0 Å². The summed E-state index contributed by atoms with van der Waals surface area (Å²) >= 11 is 0. The van der Waals surface area contributed by atoms with Crippen molar-refractivity contribution in [3.8, 4) is 0 Å². The van der Waals surface area contributed by atoms with Gasteiger partial charge in [0, 0.05) is 25.4 Å². The van der Waals surface area contributed by atoms with Crippen LogP contribution in [0.1, 0.15) is 23.1 Å². The second-order valence-corrected chi connectivity index (χ2v) is 5.57. The van der Waals surface area contributed by atoms with Crippen molar-refractivity contribution in [1.82, 2.24) is 20.0 Å². The van der Waals surface area contributed by atoms with Crippen LogP contribution in [0, 0.1) is 6.92 Å². The predicted molar refractivity (Wildman–Crippen MR) is 88.7 cm³/mol. The molecule has 0 saturated heterocycles. The molecule has 126 valence electrons. The quantitative estimate of drug-likeness (QED) is 0.643. The number of hydrogen-bond donors (Lipinski definition) is 3. The Labute approximate surface area is 139 Å². The number of aliphatic hydroxyl groups excluding tert-OH is 1. The SMILES string of the molecule is Cc1cccn2cc(CCNC(=O)NCC(O)c3ccco3)nc12. The number of pyridine rings is 1. The minimum absolute atomic E-state index is 0.0902. The molecule has 3 aromatic heterocycles. The number of fused-ring (bicyclic) bond motifs is 1. The lowest BCUT2D eigenvalue weighted by Gasteiger charge is -2.10. The maximum atomic E-state index is 11.7. The molecule has 2 amide bonds. The Morgan fingerprint density at radius 3 is 3.00 bits per heavy atom. The zero-order valence-electron chi connectivity index (χ0n) is 13.4. The van der Waals surface area contributed by atoms with Gasteiger partial charge in [0.25, 0.3) is 0 Å². The van der Waals surface area contributed by atoms with Gasteiger partial charge in [0.2, 0.25) is 0 Å². The summed E-state index contributed by atoms with van der Waals surface area (Å²) in [5.74, 6) is 0.426. The molecular weight excluding hydrogens is 308 g/mol. The number of aromatic nitrogens is 2. The van der Waals surface area contributed by atoms with E-state index in [1.54, 1.807) is 12.1 Å². The van der Waals surface area contributed by atoms with Crippen molar-refractivity contribution in [2.24, 2.45) is 0 Å². The van der Waals surface area contributed by atoms with E-state index in [2.05, 4.69) is 15.6 Å². The van der Waals surface area contributed by atoms with Crippen LogP contribution < -0.4 is 10.6 Å². The van der Waals surface area contributed by atoms with E-state index in [4.69, 9.17) is 4.42 Å². The molecular formula is C17H20N4O3. The maximum Gasteiger partial charge on any atom is 0.314 e. The van der Waals surface area contributed by atoms with Crippen LogP contribution >= 0.6 is 0 Å². The van der Waals surface area contributed by atoms with Gasteiger partial charge in [0.15, 0.2) is 0 Å². The number of imidazole rings is 1. The van der Waals surface area contributed by atoms with Crippen LogP contribution in [-0.4, -0.2) is 33.6 Å². The first-order chi connectivity index (χ1) is 11.6. The average Bonchev–Trinajstić information content (AvgIpc) is 3.22. The van der Waals surface area contributed by atoms with E-state index < -0.39 is 6.10 Å². The van der Waals surface area contributed by atoms with E-state index in [1.807, 2.05) is 35.9 Å². The van der Waals surface area contributed by atoms with Gasteiger partial charge in [0.05, 0.1) is 18.5 Å². The Morgan fingerprint density at radius 2 is 2.25 bits per heavy atom. The first kappa shape index (κ1) is 16.1. The van der Waals surface area contributed by atoms with Gasteiger partial charge in [-0.1, -0.05) is 6.07 Å². The van der Waals surface area contributed by atoms with Gasteiger partial charge in [-0.05, 0) is 30.7 Å². The number of carbonyl (C=O) groups is 1. The number of hydrogen-bond acceptors (Lipinski definition) is 4. The van der Waals surface area contributed by atoms with E-state index in [0.29, 0.717) is 18.7 Å².